The molecule has 0 amide bonds. The van der Waals surface area contributed by atoms with E-state index in [9.17, 15) is 8.78 Å². The molecule has 0 radical (unpaired) electrons. The lowest BCUT2D eigenvalue weighted by Gasteiger charge is -2.12. The second kappa shape index (κ2) is 6.18. The van der Waals surface area contributed by atoms with E-state index in [1.54, 1.807) is 24.3 Å². The zero-order chi connectivity index (χ0) is 14.5. The van der Waals surface area contributed by atoms with Crippen molar-refractivity contribution < 1.29 is 18.3 Å². The molecule has 6 heteroatoms. The van der Waals surface area contributed by atoms with Crippen LogP contribution in [0.2, 0.25) is 0 Å². The van der Waals surface area contributed by atoms with Gasteiger partial charge in [0.15, 0.2) is 29.0 Å². The summed E-state index contributed by atoms with van der Waals surface area (Å²) in [5, 5.41) is 2.52. The minimum absolute atomic E-state index is 0.0877. The van der Waals surface area contributed by atoms with Gasteiger partial charge in [0.2, 0.25) is 0 Å². The van der Waals surface area contributed by atoms with Crippen molar-refractivity contribution in [2.45, 2.75) is 6.92 Å². The van der Waals surface area contributed by atoms with Crippen LogP contribution in [0.1, 0.15) is 6.92 Å². The molecule has 4 nitrogen and oxygen atoms in total. The Hall–Kier alpha value is -2.37. The lowest BCUT2D eigenvalue weighted by atomic mass is 10.3. The van der Waals surface area contributed by atoms with Gasteiger partial charge in [-0.15, -0.1) is 0 Å². The molecular formula is C14H14F2N2O2. The van der Waals surface area contributed by atoms with Gasteiger partial charge < -0.3 is 14.8 Å². The molecule has 1 aromatic heterocycles. The summed E-state index contributed by atoms with van der Waals surface area (Å²) in [6, 6.07) is 7.52. The van der Waals surface area contributed by atoms with E-state index in [1.165, 1.54) is 7.05 Å². The van der Waals surface area contributed by atoms with Crippen LogP contribution in [0.3, 0.4) is 0 Å². The fraction of sp³-hybridized carbons (Fsp3) is 0.214. The Labute approximate surface area is 115 Å². The Balaban J connectivity index is 2.35. The maximum atomic E-state index is 13.7. The summed E-state index contributed by atoms with van der Waals surface area (Å²) in [5.74, 6) is -1.29. The first-order valence-corrected chi connectivity index (χ1v) is 6.09. The van der Waals surface area contributed by atoms with Crippen LogP contribution in [0.5, 0.6) is 17.4 Å². The number of hydrogen-bond donors (Lipinski definition) is 1. The normalized spacial score (nSPS) is 10.2. The summed E-state index contributed by atoms with van der Waals surface area (Å²) in [5.41, 5.74) is 0. The number of hydrogen-bond acceptors (Lipinski definition) is 4. The maximum Gasteiger partial charge on any atom is 0.258 e. The third kappa shape index (κ3) is 2.96. The Morgan fingerprint density at radius 1 is 1.15 bits per heavy atom. The first kappa shape index (κ1) is 14.0. The van der Waals surface area contributed by atoms with E-state index < -0.39 is 11.6 Å². The van der Waals surface area contributed by atoms with Crippen molar-refractivity contribution in [1.82, 2.24) is 4.98 Å². The van der Waals surface area contributed by atoms with Crippen molar-refractivity contribution >= 4 is 5.82 Å². The molecule has 1 N–H and O–H groups in total. The summed E-state index contributed by atoms with van der Waals surface area (Å²) in [6.07, 6.45) is 0. The minimum atomic E-state index is -0.882. The summed E-state index contributed by atoms with van der Waals surface area (Å²) in [7, 11) is 1.49. The SMILES string of the molecule is CCOc1ccccc1Oc1nc(NC)c(F)cc1F. The third-order valence-corrected chi connectivity index (χ3v) is 2.49. The van der Waals surface area contributed by atoms with Crippen molar-refractivity contribution in [1.29, 1.82) is 0 Å². The van der Waals surface area contributed by atoms with Crippen LogP contribution in [-0.4, -0.2) is 18.6 Å². The number of aromatic nitrogens is 1. The number of pyridine rings is 1. The van der Waals surface area contributed by atoms with Crippen molar-refractivity contribution in [3.63, 3.8) is 0 Å². The van der Waals surface area contributed by atoms with E-state index in [1.807, 2.05) is 6.92 Å². The largest absolute Gasteiger partial charge is 0.490 e. The molecule has 0 spiro atoms. The minimum Gasteiger partial charge on any atom is -0.490 e. The number of para-hydroxylation sites is 2. The van der Waals surface area contributed by atoms with E-state index in [4.69, 9.17) is 9.47 Å². The highest BCUT2D eigenvalue weighted by atomic mass is 19.1. The number of halogens is 2. The van der Waals surface area contributed by atoms with Crippen molar-refractivity contribution in [2.75, 3.05) is 19.0 Å². The predicted molar refractivity (Wildman–Crippen MR) is 71.4 cm³/mol. The molecule has 2 rings (SSSR count). The van der Waals surface area contributed by atoms with Gasteiger partial charge in [0.05, 0.1) is 6.61 Å². The quantitative estimate of drug-likeness (QED) is 0.909. The predicted octanol–water partition coefficient (Wildman–Crippen LogP) is 3.59. The van der Waals surface area contributed by atoms with Gasteiger partial charge in [0.1, 0.15) is 0 Å². The molecule has 20 heavy (non-hydrogen) atoms. The average Bonchev–Trinajstić information content (AvgIpc) is 2.44. The van der Waals surface area contributed by atoms with E-state index in [-0.39, 0.29) is 11.7 Å². The van der Waals surface area contributed by atoms with Gasteiger partial charge in [-0.1, -0.05) is 12.1 Å². The first-order valence-electron chi connectivity index (χ1n) is 6.09. The fourth-order valence-corrected chi connectivity index (χ4v) is 1.61. The van der Waals surface area contributed by atoms with Crippen molar-refractivity contribution in [3.8, 4) is 17.4 Å². The first-order chi connectivity index (χ1) is 9.65. The molecule has 0 bridgehead atoms. The van der Waals surface area contributed by atoms with E-state index in [2.05, 4.69) is 10.3 Å². The molecule has 0 fully saturated rings. The van der Waals surface area contributed by atoms with Crippen LogP contribution >= 0.6 is 0 Å². The van der Waals surface area contributed by atoms with Gasteiger partial charge in [-0.25, -0.2) is 8.78 Å². The molecule has 0 aliphatic rings. The van der Waals surface area contributed by atoms with Crippen LogP contribution in [0, 0.1) is 11.6 Å². The molecule has 0 unspecified atom stereocenters. The molecule has 0 aliphatic carbocycles. The van der Waals surface area contributed by atoms with Gasteiger partial charge in [-0.3, -0.25) is 0 Å². The number of benzene rings is 1. The zero-order valence-corrected chi connectivity index (χ0v) is 11.1. The van der Waals surface area contributed by atoms with Gasteiger partial charge >= 0.3 is 0 Å². The van der Waals surface area contributed by atoms with Crippen molar-refractivity contribution in [2.24, 2.45) is 0 Å². The van der Waals surface area contributed by atoms with Crippen LogP contribution in [0.25, 0.3) is 0 Å². The van der Waals surface area contributed by atoms with Crippen LogP contribution in [0.4, 0.5) is 14.6 Å². The number of anilines is 1. The van der Waals surface area contributed by atoms with Crippen LogP contribution in [-0.2, 0) is 0 Å². The topological polar surface area (TPSA) is 43.4 Å². The molecule has 0 aliphatic heterocycles. The Morgan fingerprint density at radius 2 is 1.85 bits per heavy atom. The molecule has 0 saturated carbocycles. The van der Waals surface area contributed by atoms with Gasteiger partial charge in [-0.2, -0.15) is 4.98 Å². The standard InChI is InChI=1S/C14H14F2N2O2/c1-3-19-11-6-4-5-7-12(11)20-14-10(16)8-9(15)13(17-2)18-14/h4-8H,3H2,1-2H3,(H,17,18). The summed E-state index contributed by atoms with van der Waals surface area (Å²) >= 11 is 0. The fourth-order valence-electron chi connectivity index (χ4n) is 1.61. The second-order valence-electron chi connectivity index (χ2n) is 3.84. The zero-order valence-electron chi connectivity index (χ0n) is 11.1. The highest BCUT2D eigenvalue weighted by Crippen LogP contribution is 2.32. The number of nitrogens with zero attached hydrogens (tertiary/aromatic N) is 1. The third-order valence-electron chi connectivity index (χ3n) is 2.49. The molecule has 106 valence electrons. The van der Waals surface area contributed by atoms with Gasteiger partial charge in [0, 0.05) is 13.1 Å². The molecule has 1 heterocycles. The summed E-state index contributed by atoms with van der Waals surface area (Å²) in [4.78, 5) is 3.75. The second-order valence-corrected chi connectivity index (χ2v) is 3.84. The van der Waals surface area contributed by atoms with Gasteiger partial charge in [-0.05, 0) is 19.1 Å². The molecule has 0 saturated heterocycles. The summed E-state index contributed by atoms with van der Waals surface area (Å²) < 4.78 is 37.7. The highest BCUT2D eigenvalue weighted by Gasteiger charge is 2.14. The molecule has 2 aromatic rings. The van der Waals surface area contributed by atoms with Gasteiger partial charge in [0.25, 0.3) is 5.88 Å². The molecule has 1 aromatic carbocycles. The highest BCUT2D eigenvalue weighted by molar-refractivity contribution is 5.44. The Bertz CT molecular complexity index is 606. The van der Waals surface area contributed by atoms with Crippen LogP contribution < -0.4 is 14.8 Å². The van der Waals surface area contributed by atoms with E-state index in [0.29, 0.717) is 18.1 Å². The monoisotopic (exact) mass is 280 g/mol. The van der Waals surface area contributed by atoms with Crippen molar-refractivity contribution in [3.05, 3.63) is 42.0 Å². The average molecular weight is 280 g/mol. The summed E-state index contributed by atoms with van der Waals surface area (Å²) in [6.45, 7) is 2.27. The van der Waals surface area contributed by atoms with E-state index in [0.717, 1.165) is 6.07 Å². The number of nitrogens with one attached hydrogen (secondary N) is 1. The van der Waals surface area contributed by atoms with Crippen LogP contribution in [0.15, 0.2) is 30.3 Å². The molecular weight excluding hydrogens is 266 g/mol. The number of rotatable bonds is 5. The number of ether oxygens (including phenoxy) is 2. The smallest absolute Gasteiger partial charge is 0.258 e. The Kier molecular flexibility index (Phi) is 4.34. The maximum absolute atomic E-state index is 13.7. The molecule has 0 atom stereocenters. The Morgan fingerprint density at radius 3 is 2.50 bits per heavy atom. The van der Waals surface area contributed by atoms with E-state index >= 15 is 0 Å². The lowest BCUT2D eigenvalue weighted by Crippen LogP contribution is -2.02. The lowest BCUT2D eigenvalue weighted by molar-refractivity contribution is 0.316.